The van der Waals surface area contributed by atoms with Crippen molar-refractivity contribution in [2.75, 3.05) is 0 Å². The van der Waals surface area contributed by atoms with E-state index < -0.39 is 0 Å². The lowest BCUT2D eigenvalue weighted by Gasteiger charge is -2.24. The van der Waals surface area contributed by atoms with Crippen LogP contribution in [0.3, 0.4) is 0 Å². The average Bonchev–Trinajstić information content (AvgIpc) is 3.54. The molecule has 0 fully saturated rings. The summed E-state index contributed by atoms with van der Waals surface area (Å²) in [6, 6.07) is 49.7. The lowest BCUT2D eigenvalue weighted by molar-refractivity contribution is 0.666. The Morgan fingerprint density at radius 1 is 0.452 bits per heavy atom. The number of thiophene rings is 1. The Bertz CT molecular complexity index is 2380. The number of benzene rings is 7. The van der Waals surface area contributed by atoms with Crippen LogP contribution in [0.2, 0.25) is 0 Å². The Morgan fingerprint density at radius 2 is 1.12 bits per heavy atom. The third kappa shape index (κ3) is 3.23. The highest BCUT2D eigenvalue weighted by Crippen LogP contribution is 2.54. The predicted octanol–water partition coefficient (Wildman–Crippen LogP) is 12.0. The molecule has 9 rings (SSSR count). The van der Waals surface area contributed by atoms with Crippen molar-refractivity contribution in [1.82, 2.24) is 0 Å². The Labute approximate surface area is 249 Å². The molecule has 1 heteroatoms. The molecule has 1 aromatic heterocycles. The third-order valence-electron chi connectivity index (χ3n) is 9.43. The topological polar surface area (TPSA) is 0 Å². The monoisotopic (exact) mass is 552 g/mol. The molecule has 0 unspecified atom stereocenters. The van der Waals surface area contributed by atoms with Crippen LogP contribution in [0.25, 0.3) is 75.1 Å². The van der Waals surface area contributed by atoms with Crippen molar-refractivity contribution in [1.29, 1.82) is 0 Å². The molecule has 8 aromatic rings. The molecule has 0 bridgehead atoms. The van der Waals surface area contributed by atoms with Gasteiger partial charge < -0.3 is 0 Å². The van der Waals surface area contributed by atoms with E-state index in [-0.39, 0.29) is 5.41 Å². The molecule has 0 radical (unpaired) electrons. The van der Waals surface area contributed by atoms with Crippen molar-refractivity contribution in [3.8, 4) is 33.4 Å². The molecular formula is C41H28S. The van der Waals surface area contributed by atoms with Gasteiger partial charge in [-0.05, 0) is 84.3 Å². The Hall–Kier alpha value is -4.72. The second kappa shape index (κ2) is 8.64. The second-order valence-corrected chi connectivity index (χ2v) is 13.1. The summed E-state index contributed by atoms with van der Waals surface area (Å²) in [5.74, 6) is 0. The standard InChI is InChI=1S/C41H28S/c1-41(2)36-19-7-5-16-34(36)38-31-15-4-3-13-29(31)35-24-26(21-22-32(35)39(38)41)25-11-9-12-27(23-25)28-17-10-18-33-30-14-6-8-20-37(30)42-40(28)33/h3-24H,1-2H3. The summed E-state index contributed by atoms with van der Waals surface area (Å²) in [6.45, 7) is 4.77. The maximum atomic E-state index is 2.43. The smallest absolute Gasteiger partial charge is 0.0433 e. The fourth-order valence-corrected chi connectivity index (χ4v) is 8.76. The van der Waals surface area contributed by atoms with Gasteiger partial charge in [0.2, 0.25) is 0 Å². The molecular weight excluding hydrogens is 525 g/mol. The van der Waals surface area contributed by atoms with Gasteiger partial charge in [0.05, 0.1) is 0 Å². The number of hydrogen-bond donors (Lipinski definition) is 0. The first kappa shape index (κ1) is 23.9. The quantitative estimate of drug-likeness (QED) is 0.187. The summed E-state index contributed by atoms with van der Waals surface area (Å²) in [5.41, 5.74) is 10.7. The summed E-state index contributed by atoms with van der Waals surface area (Å²) in [6.07, 6.45) is 0. The number of fused-ring (bicyclic) bond motifs is 11. The normalized spacial score (nSPS) is 13.7. The number of hydrogen-bond acceptors (Lipinski definition) is 1. The largest absolute Gasteiger partial charge is 0.135 e. The van der Waals surface area contributed by atoms with E-state index in [0.29, 0.717) is 0 Å². The maximum absolute atomic E-state index is 2.43. The van der Waals surface area contributed by atoms with Crippen LogP contribution in [-0.4, -0.2) is 0 Å². The van der Waals surface area contributed by atoms with Crippen molar-refractivity contribution in [3.05, 3.63) is 145 Å². The minimum atomic E-state index is -0.0570. The molecule has 1 aliphatic carbocycles. The Kier molecular flexibility index (Phi) is 4.93. The zero-order valence-electron chi connectivity index (χ0n) is 23.6. The molecule has 0 spiro atoms. The summed E-state index contributed by atoms with van der Waals surface area (Å²) in [4.78, 5) is 0. The Morgan fingerprint density at radius 3 is 2.02 bits per heavy atom. The third-order valence-corrected chi connectivity index (χ3v) is 10.7. The van der Waals surface area contributed by atoms with E-state index in [9.17, 15) is 0 Å². The lowest BCUT2D eigenvalue weighted by atomic mass is 9.79. The first-order chi connectivity index (χ1) is 20.6. The van der Waals surface area contributed by atoms with Crippen molar-refractivity contribution in [3.63, 3.8) is 0 Å². The van der Waals surface area contributed by atoms with E-state index in [0.717, 1.165) is 0 Å². The van der Waals surface area contributed by atoms with Gasteiger partial charge in [-0.2, -0.15) is 0 Å². The molecule has 0 aliphatic heterocycles. The molecule has 7 aromatic carbocycles. The van der Waals surface area contributed by atoms with Crippen LogP contribution in [0.1, 0.15) is 25.0 Å². The molecule has 42 heavy (non-hydrogen) atoms. The molecule has 0 nitrogen and oxygen atoms in total. The summed E-state index contributed by atoms with van der Waals surface area (Å²) in [7, 11) is 0. The van der Waals surface area contributed by atoms with Crippen molar-refractivity contribution < 1.29 is 0 Å². The first-order valence-electron chi connectivity index (χ1n) is 14.7. The van der Waals surface area contributed by atoms with Gasteiger partial charge in [0.15, 0.2) is 0 Å². The van der Waals surface area contributed by atoms with Crippen molar-refractivity contribution in [2.24, 2.45) is 0 Å². The van der Waals surface area contributed by atoms with Crippen molar-refractivity contribution in [2.45, 2.75) is 19.3 Å². The molecule has 0 saturated heterocycles. The maximum Gasteiger partial charge on any atom is 0.0433 e. The zero-order valence-corrected chi connectivity index (χ0v) is 24.4. The number of rotatable bonds is 2. The molecule has 0 saturated carbocycles. The molecule has 1 heterocycles. The van der Waals surface area contributed by atoms with Gasteiger partial charge in [-0.1, -0.05) is 129 Å². The van der Waals surface area contributed by atoms with E-state index in [1.807, 2.05) is 11.3 Å². The van der Waals surface area contributed by atoms with Gasteiger partial charge in [-0.15, -0.1) is 11.3 Å². The highest BCUT2D eigenvalue weighted by atomic mass is 32.1. The summed E-state index contributed by atoms with van der Waals surface area (Å²) in [5, 5.41) is 8.05. The van der Waals surface area contributed by atoms with Gasteiger partial charge in [0.1, 0.15) is 0 Å². The van der Waals surface area contributed by atoms with E-state index in [1.165, 1.54) is 86.2 Å². The van der Waals surface area contributed by atoms with Crippen LogP contribution in [-0.2, 0) is 5.41 Å². The van der Waals surface area contributed by atoms with Crippen LogP contribution in [0.5, 0.6) is 0 Å². The highest BCUT2D eigenvalue weighted by Gasteiger charge is 2.38. The van der Waals surface area contributed by atoms with E-state index in [2.05, 4.69) is 147 Å². The average molecular weight is 553 g/mol. The summed E-state index contributed by atoms with van der Waals surface area (Å²) >= 11 is 1.89. The molecule has 1 aliphatic rings. The highest BCUT2D eigenvalue weighted by molar-refractivity contribution is 7.26. The van der Waals surface area contributed by atoms with E-state index in [1.54, 1.807) is 0 Å². The van der Waals surface area contributed by atoms with E-state index >= 15 is 0 Å². The predicted molar refractivity (Wildman–Crippen MR) is 183 cm³/mol. The zero-order chi connectivity index (χ0) is 28.0. The van der Waals surface area contributed by atoms with Gasteiger partial charge in [0, 0.05) is 25.6 Å². The fourth-order valence-electron chi connectivity index (χ4n) is 7.52. The molecule has 0 N–H and O–H groups in total. The van der Waals surface area contributed by atoms with Gasteiger partial charge in [0.25, 0.3) is 0 Å². The van der Waals surface area contributed by atoms with Crippen LogP contribution in [0.15, 0.2) is 133 Å². The molecule has 0 atom stereocenters. The van der Waals surface area contributed by atoms with Crippen LogP contribution >= 0.6 is 11.3 Å². The fraction of sp³-hybridized carbons (Fsp3) is 0.0732. The molecule has 0 amide bonds. The van der Waals surface area contributed by atoms with Gasteiger partial charge in [-0.25, -0.2) is 0 Å². The van der Waals surface area contributed by atoms with Gasteiger partial charge >= 0.3 is 0 Å². The minimum Gasteiger partial charge on any atom is -0.135 e. The minimum absolute atomic E-state index is 0.0570. The molecule has 198 valence electrons. The van der Waals surface area contributed by atoms with E-state index in [4.69, 9.17) is 0 Å². The first-order valence-corrected chi connectivity index (χ1v) is 15.5. The summed E-state index contributed by atoms with van der Waals surface area (Å²) < 4.78 is 2.70. The van der Waals surface area contributed by atoms with Gasteiger partial charge in [-0.3, -0.25) is 0 Å². The lowest BCUT2D eigenvalue weighted by Crippen LogP contribution is -2.15. The van der Waals surface area contributed by atoms with Crippen LogP contribution < -0.4 is 0 Å². The van der Waals surface area contributed by atoms with Crippen LogP contribution in [0, 0.1) is 0 Å². The SMILES string of the molecule is CC1(C)c2ccccc2-c2c1c1ccc(-c3cccc(-c4cccc5c4sc4ccccc45)c3)cc1c1ccccc21. The second-order valence-electron chi connectivity index (χ2n) is 12.1. The Balaban J connectivity index is 1.26. The van der Waals surface area contributed by atoms with Crippen LogP contribution in [0.4, 0.5) is 0 Å². The van der Waals surface area contributed by atoms with Crippen molar-refractivity contribution >= 4 is 53.1 Å².